The van der Waals surface area contributed by atoms with Crippen molar-refractivity contribution in [1.82, 2.24) is 14.5 Å². The van der Waals surface area contributed by atoms with Crippen molar-refractivity contribution in [3.63, 3.8) is 0 Å². The minimum absolute atomic E-state index is 0.0468. The summed E-state index contributed by atoms with van der Waals surface area (Å²) in [4.78, 5) is 8.58. The highest BCUT2D eigenvalue weighted by molar-refractivity contribution is 6.30. The van der Waals surface area contributed by atoms with Gasteiger partial charge in [-0.05, 0) is 56.5 Å². The summed E-state index contributed by atoms with van der Waals surface area (Å²) in [5.74, 6) is 0.0478. The van der Waals surface area contributed by atoms with Crippen molar-refractivity contribution in [3.8, 4) is 0 Å². The molecule has 28 heavy (non-hydrogen) atoms. The number of aromatic nitrogens is 3. The maximum Gasteiger partial charge on any atom is 0.163 e. The van der Waals surface area contributed by atoms with Crippen molar-refractivity contribution in [2.45, 2.75) is 57.1 Å². The zero-order chi connectivity index (χ0) is 19.6. The SMILES string of the molecule is Cc1cc(Cl)cc([C@H]2C[C@@H](n3ccc4c(N)ncnc43)[C@@H]3OC(C)(C)O[C@@H]32)c1. The fourth-order valence-electron chi connectivity index (χ4n) is 4.79. The first-order valence-corrected chi connectivity index (χ1v) is 9.90. The van der Waals surface area contributed by atoms with E-state index in [1.807, 2.05) is 38.2 Å². The number of aryl methyl sites for hydroxylation is 1. The number of benzene rings is 1. The number of nitrogen functional groups attached to an aromatic ring is 1. The lowest BCUT2D eigenvalue weighted by molar-refractivity contribution is -0.157. The van der Waals surface area contributed by atoms with Crippen molar-refractivity contribution in [1.29, 1.82) is 0 Å². The number of hydrogen-bond donors (Lipinski definition) is 1. The molecule has 0 unspecified atom stereocenters. The summed E-state index contributed by atoms with van der Waals surface area (Å²) in [7, 11) is 0. The van der Waals surface area contributed by atoms with Gasteiger partial charge in [-0.1, -0.05) is 17.7 Å². The summed E-state index contributed by atoms with van der Waals surface area (Å²) in [5.41, 5.74) is 9.20. The smallest absolute Gasteiger partial charge is 0.163 e. The summed E-state index contributed by atoms with van der Waals surface area (Å²) >= 11 is 6.35. The molecule has 1 aliphatic carbocycles. The zero-order valence-corrected chi connectivity index (χ0v) is 16.8. The Kier molecular flexibility index (Phi) is 3.95. The van der Waals surface area contributed by atoms with Gasteiger partial charge in [-0.15, -0.1) is 0 Å². The summed E-state index contributed by atoms with van der Waals surface area (Å²) in [6.45, 7) is 6.00. The Hall–Kier alpha value is -2.15. The van der Waals surface area contributed by atoms with Crippen LogP contribution >= 0.6 is 11.6 Å². The molecule has 0 spiro atoms. The maximum absolute atomic E-state index is 6.35. The van der Waals surface area contributed by atoms with Crippen molar-refractivity contribution in [2.75, 3.05) is 5.73 Å². The van der Waals surface area contributed by atoms with E-state index in [0.29, 0.717) is 5.82 Å². The van der Waals surface area contributed by atoms with E-state index in [0.717, 1.165) is 28.0 Å². The van der Waals surface area contributed by atoms with Gasteiger partial charge in [0.2, 0.25) is 0 Å². The normalized spacial score (nSPS) is 28.7. The molecule has 2 aromatic heterocycles. The van der Waals surface area contributed by atoms with E-state index in [9.17, 15) is 0 Å². The Morgan fingerprint density at radius 2 is 1.96 bits per heavy atom. The number of rotatable bonds is 2. The largest absolute Gasteiger partial charge is 0.383 e. The minimum Gasteiger partial charge on any atom is -0.383 e. The highest BCUT2D eigenvalue weighted by atomic mass is 35.5. The summed E-state index contributed by atoms with van der Waals surface area (Å²) in [6.07, 6.45) is 4.28. The van der Waals surface area contributed by atoms with Crippen LogP contribution in [0.5, 0.6) is 0 Å². The summed E-state index contributed by atoms with van der Waals surface area (Å²) < 4.78 is 14.9. The molecule has 1 saturated heterocycles. The van der Waals surface area contributed by atoms with Crippen LogP contribution in [0.3, 0.4) is 0 Å². The molecule has 1 aromatic carbocycles. The van der Waals surface area contributed by atoms with Crippen LogP contribution in [-0.2, 0) is 9.47 Å². The van der Waals surface area contributed by atoms with E-state index in [1.54, 1.807) is 0 Å². The second-order valence-electron chi connectivity index (χ2n) is 8.26. The third-order valence-corrected chi connectivity index (χ3v) is 6.04. The predicted molar refractivity (Wildman–Crippen MR) is 108 cm³/mol. The molecule has 7 heteroatoms. The highest BCUT2D eigenvalue weighted by Crippen LogP contribution is 2.51. The summed E-state index contributed by atoms with van der Waals surface area (Å²) in [6, 6.07) is 8.27. The van der Waals surface area contributed by atoms with Gasteiger partial charge in [-0.2, -0.15) is 0 Å². The van der Waals surface area contributed by atoms with Gasteiger partial charge in [0.05, 0.1) is 17.5 Å². The van der Waals surface area contributed by atoms with Gasteiger partial charge in [-0.25, -0.2) is 9.97 Å². The molecule has 0 amide bonds. The van der Waals surface area contributed by atoms with E-state index in [1.165, 1.54) is 11.9 Å². The fourth-order valence-corrected chi connectivity index (χ4v) is 5.09. The number of halogens is 1. The topological polar surface area (TPSA) is 75.2 Å². The number of fused-ring (bicyclic) bond motifs is 2. The molecule has 1 saturated carbocycles. The van der Waals surface area contributed by atoms with E-state index in [4.69, 9.17) is 26.8 Å². The Morgan fingerprint density at radius 1 is 1.18 bits per heavy atom. The quantitative estimate of drug-likeness (QED) is 0.699. The lowest BCUT2D eigenvalue weighted by atomic mass is 9.94. The average Bonchev–Trinajstić information content (AvgIpc) is 3.25. The van der Waals surface area contributed by atoms with Gasteiger partial charge in [0.15, 0.2) is 5.79 Å². The molecule has 2 N–H and O–H groups in total. The third kappa shape index (κ3) is 2.79. The van der Waals surface area contributed by atoms with E-state index in [2.05, 4.69) is 27.5 Å². The monoisotopic (exact) mass is 398 g/mol. The number of ether oxygens (including phenoxy) is 2. The lowest BCUT2D eigenvalue weighted by Gasteiger charge is -2.25. The van der Waals surface area contributed by atoms with Crippen molar-refractivity contribution in [3.05, 3.63) is 52.9 Å². The van der Waals surface area contributed by atoms with Crippen LogP contribution in [0.25, 0.3) is 11.0 Å². The lowest BCUT2D eigenvalue weighted by Crippen LogP contribution is -2.27. The first-order chi connectivity index (χ1) is 13.3. The minimum atomic E-state index is -0.628. The molecule has 0 radical (unpaired) electrons. The summed E-state index contributed by atoms with van der Waals surface area (Å²) in [5, 5.41) is 1.61. The van der Waals surface area contributed by atoms with Gasteiger partial charge in [0.1, 0.15) is 23.9 Å². The van der Waals surface area contributed by atoms with E-state index in [-0.39, 0.29) is 24.2 Å². The Bertz CT molecular complexity index is 1040. The van der Waals surface area contributed by atoms with Crippen LogP contribution in [0.4, 0.5) is 5.82 Å². The van der Waals surface area contributed by atoms with Crippen molar-refractivity contribution < 1.29 is 9.47 Å². The van der Waals surface area contributed by atoms with Crippen LogP contribution in [0.15, 0.2) is 36.8 Å². The maximum atomic E-state index is 6.35. The van der Waals surface area contributed by atoms with Crippen molar-refractivity contribution in [2.24, 2.45) is 0 Å². The molecule has 1 aliphatic heterocycles. The van der Waals surface area contributed by atoms with Crippen LogP contribution in [-0.4, -0.2) is 32.5 Å². The van der Waals surface area contributed by atoms with Crippen LogP contribution < -0.4 is 5.73 Å². The second kappa shape index (κ2) is 6.17. The molecular weight excluding hydrogens is 376 g/mol. The predicted octanol–water partition coefficient (Wildman–Crippen LogP) is 4.22. The van der Waals surface area contributed by atoms with E-state index < -0.39 is 5.79 Å². The van der Waals surface area contributed by atoms with Gasteiger partial charge >= 0.3 is 0 Å². The number of nitrogens with zero attached hydrogens (tertiary/aromatic N) is 3. The Morgan fingerprint density at radius 3 is 2.75 bits per heavy atom. The second-order valence-corrected chi connectivity index (χ2v) is 8.69. The number of hydrogen-bond acceptors (Lipinski definition) is 5. The molecule has 0 bridgehead atoms. The number of anilines is 1. The molecule has 3 heterocycles. The van der Waals surface area contributed by atoms with E-state index >= 15 is 0 Å². The fraction of sp³-hybridized carbons (Fsp3) is 0.429. The zero-order valence-electron chi connectivity index (χ0n) is 16.1. The van der Waals surface area contributed by atoms with Gasteiger partial charge in [0.25, 0.3) is 0 Å². The molecule has 5 rings (SSSR count). The van der Waals surface area contributed by atoms with Crippen LogP contribution in [0.1, 0.15) is 43.4 Å². The molecule has 2 fully saturated rings. The average molecular weight is 399 g/mol. The number of nitrogens with two attached hydrogens (primary N) is 1. The van der Waals surface area contributed by atoms with Crippen molar-refractivity contribution >= 4 is 28.5 Å². The van der Waals surface area contributed by atoms with Gasteiger partial charge < -0.3 is 19.8 Å². The molecular formula is C21H23ClN4O2. The molecule has 2 aliphatic rings. The van der Waals surface area contributed by atoms with Crippen LogP contribution in [0.2, 0.25) is 5.02 Å². The van der Waals surface area contributed by atoms with Crippen LogP contribution in [0, 0.1) is 6.92 Å². The Balaban J connectivity index is 1.60. The highest BCUT2D eigenvalue weighted by Gasteiger charge is 2.55. The van der Waals surface area contributed by atoms with Gasteiger partial charge in [0, 0.05) is 17.1 Å². The standard InChI is InChI=1S/C21H23ClN4O2/c1-11-6-12(8-13(22)7-11)15-9-16(18-17(15)27-21(2,3)28-18)26-5-4-14-19(23)24-10-25-20(14)26/h4-8,10,15-18H,9H2,1-3H3,(H2,23,24,25)/t15-,16-,17-,18+/m1/s1. The van der Waals surface area contributed by atoms with Gasteiger partial charge in [-0.3, -0.25) is 0 Å². The first kappa shape index (κ1) is 17.9. The molecule has 146 valence electrons. The Labute approximate surface area is 168 Å². The molecule has 6 nitrogen and oxygen atoms in total. The third-order valence-electron chi connectivity index (χ3n) is 5.82. The molecule has 4 atom stereocenters. The molecule has 3 aromatic rings. The first-order valence-electron chi connectivity index (χ1n) is 9.52.